The zero-order valence-corrected chi connectivity index (χ0v) is 34.7. The first-order chi connectivity index (χ1) is 29.0. The van der Waals surface area contributed by atoms with E-state index in [2.05, 4.69) is 43.9 Å². The smallest absolute Gasteiger partial charge is 0.359 e. The first-order valence-electron chi connectivity index (χ1n) is 18.4. The van der Waals surface area contributed by atoms with Crippen LogP contribution in [0.25, 0.3) is 33.2 Å². The molecule has 2 aliphatic rings. The maximum absolute atomic E-state index is 13.7. The monoisotopic (exact) mass is 910 g/mol. The average Bonchev–Trinajstić information content (AvgIpc) is 3.98. The minimum absolute atomic E-state index is 0. The molecule has 8 rings (SSSR count). The van der Waals surface area contributed by atoms with E-state index in [0.29, 0.717) is 52.6 Å². The van der Waals surface area contributed by atoms with Gasteiger partial charge in [-0.2, -0.15) is 10.2 Å². The van der Waals surface area contributed by atoms with Gasteiger partial charge in [0.1, 0.15) is 11.6 Å². The third-order valence-corrected chi connectivity index (χ3v) is 10.3. The van der Waals surface area contributed by atoms with Gasteiger partial charge in [-0.1, -0.05) is 53.3 Å². The van der Waals surface area contributed by atoms with Crippen molar-refractivity contribution in [1.29, 1.82) is 0 Å². The number of aromatic nitrogens is 4. The van der Waals surface area contributed by atoms with Gasteiger partial charge in [-0.3, -0.25) is 9.59 Å². The third-order valence-electron chi connectivity index (χ3n) is 9.86. The molecule has 2 fully saturated rings. The second kappa shape index (κ2) is 18.8. The molecule has 0 saturated carbocycles. The van der Waals surface area contributed by atoms with Crippen LogP contribution in [0.15, 0.2) is 89.4 Å². The summed E-state index contributed by atoms with van der Waals surface area (Å²) in [5, 5.41) is 29.1. The van der Waals surface area contributed by atoms with E-state index >= 15 is 0 Å². The normalized spacial score (nSPS) is 17.8. The summed E-state index contributed by atoms with van der Waals surface area (Å²) in [5.41, 5.74) is -0.0828. The maximum atomic E-state index is 13.7. The van der Waals surface area contributed by atoms with Crippen LogP contribution in [-0.2, 0) is 19.1 Å². The Morgan fingerprint density at radius 1 is 0.742 bits per heavy atom. The largest absolute Gasteiger partial charge is 0.464 e. The molecule has 0 unspecified atom stereocenters. The van der Waals surface area contributed by atoms with Gasteiger partial charge in [-0.15, -0.1) is 6.42 Å². The average molecular weight is 912 g/mol. The molecule has 2 saturated heterocycles. The number of fused-ring (bicyclic) bond motifs is 2. The number of methoxy groups -OCH3 is 2. The van der Waals surface area contributed by atoms with Gasteiger partial charge in [0.2, 0.25) is 11.2 Å². The highest BCUT2D eigenvalue weighted by atomic mass is 79.9. The van der Waals surface area contributed by atoms with Crippen molar-refractivity contribution in [2.45, 2.75) is 31.5 Å². The highest BCUT2D eigenvalue weighted by Crippen LogP contribution is 2.27. The molecule has 2 atom stereocenters. The lowest BCUT2D eigenvalue weighted by molar-refractivity contribution is -0.138. The van der Waals surface area contributed by atoms with Gasteiger partial charge in [0.05, 0.1) is 36.6 Å². The van der Waals surface area contributed by atoms with Crippen molar-refractivity contribution in [3.63, 3.8) is 0 Å². The van der Waals surface area contributed by atoms with Crippen LogP contribution >= 0.6 is 15.9 Å². The van der Waals surface area contributed by atoms with E-state index in [0.717, 1.165) is 10.2 Å². The number of rotatable bonds is 4. The number of likely N-dealkylation sites (tertiary alicyclic amines) is 2. The van der Waals surface area contributed by atoms with Gasteiger partial charge in [0, 0.05) is 60.8 Å². The molecule has 62 heavy (non-hydrogen) atoms. The maximum Gasteiger partial charge on any atom is 0.359 e. The number of aliphatic hydroxyl groups is 2. The van der Waals surface area contributed by atoms with Crippen LogP contribution in [-0.4, -0.2) is 116 Å². The fourth-order valence-electron chi connectivity index (χ4n) is 6.53. The molecule has 4 heterocycles. The molecular formula is C45H41BrF2N6O8. The van der Waals surface area contributed by atoms with Crippen molar-refractivity contribution in [2.24, 2.45) is 0 Å². The van der Waals surface area contributed by atoms with Crippen LogP contribution in [0.5, 0.6) is 0 Å². The fourth-order valence-corrected chi connectivity index (χ4v) is 6.91. The number of hydrogen-bond acceptors (Lipinski definition) is 10. The van der Waals surface area contributed by atoms with Crippen molar-refractivity contribution < 1.29 is 47.6 Å². The molecule has 4 aromatic carbocycles. The number of halogens is 3. The lowest BCUT2D eigenvalue weighted by atomic mass is 10.0. The molecule has 0 bridgehead atoms. The molecule has 0 spiro atoms. The van der Waals surface area contributed by atoms with Crippen molar-refractivity contribution in [2.75, 3.05) is 41.4 Å². The lowest BCUT2D eigenvalue weighted by Crippen LogP contribution is -2.37. The Kier molecular flexibility index (Phi) is 14.0. The SMILES string of the molecule is C.C#C[C@]1(O)CCN(C)C1=O.COC(=O)c1nn(-c2cccc(Br)c2)c2ccc(F)cc12.COC(=O)c1nn(-c2cccc(C#C[C@]3(O)CCN(C)C3=O)c2)c2ccc(F)cc12. The van der Waals surface area contributed by atoms with Crippen LogP contribution in [0, 0.1) is 35.8 Å². The molecule has 6 aromatic rings. The molecule has 17 heteroatoms. The zero-order chi connectivity index (χ0) is 44.2. The van der Waals surface area contributed by atoms with Gasteiger partial charge in [-0.05, 0) is 72.8 Å². The highest BCUT2D eigenvalue weighted by Gasteiger charge is 2.43. The Balaban J connectivity index is 0.000000196. The number of ether oxygens (including phenoxy) is 2. The number of nitrogens with zero attached hydrogens (tertiary/aromatic N) is 6. The van der Waals surface area contributed by atoms with E-state index in [1.807, 2.05) is 24.3 Å². The lowest BCUT2D eigenvalue weighted by Gasteiger charge is -2.13. The summed E-state index contributed by atoms with van der Waals surface area (Å²) in [6.45, 7) is 0.982. The quantitative estimate of drug-likeness (QED) is 0.171. The Hall–Kier alpha value is -6.92. The number of amides is 2. The van der Waals surface area contributed by atoms with Crippen LogP contribution in [0.3, 0.4) is 0 Å². The number of carbonyl (C=O) groups excluding carboxylic acids is 4. The summed E-state index contributed by atoms with van der Waals surface area (Å²) >= 11 is 3.39. The van der Waals surface area contributed by atoms with E-state index < -0.39 is 40.7 Å². The van der Waals surface area contributed by atoms with E-state index in [9.17, 15) is 38.2 Å². The summed E-state index contributed by atoms with van der Waals surface area (Å²) in [6, 6.07) is 22.6. The molecule has 14 nitrogen and oxygen atoms in total. The Labute approximate surface area is 363 Å². The zero-order valence-electron chi connectivity index (χ0n) is 33.1. The van der Waals surface area contributed by atoms with Crippen molar-refractivity contribution in [1.82, 2.24) is 29.4 Å². The van der Waals surface area contributed by atoms with E-state index in [-0.39, 0.29) is 31.1 Å². The van der Waals surface area contributed by atoms with Gasteiger partial charge in [-0.25, -0.2) is 27.7 Å². The molecule has 0 radical (unpaired) electrons. The second-order valence-corrected chi connectivity index (χ2v) is 14.8. The number of hydrogen-bond donors (Lipinski definition) is 2. The number of terminal acetylenes is 1. The standard InChI is InChI=1S/C22H18FN3O4.C15H10BrFN2O2.C7H9NO2.CH4/c1-25-11-10-22(29,21(25)28)9-8-14-4-3-5-16(12-14)26-18-7-6-15(23)13-17(18)19(24-26)20(27)30-2;1-21-15(20)14-12-8-10(17)5-6-13(12)19(18-14)11-4-2-3-9(16)7-11;1-3-7(10)4-5-8(2)6(7)9;/h3-7,12-13,29H,10-11H2,1-2H3;2-8H,1H3;1,10H,4-5H2,2H3;1H4/t22-;;7-;/m0.0./s1. The van der Waals surface area contributed by atoms with E-state index in [4.69, 9.17) is 15.9 Å². The van der Waals surface area contributed by atoms with Gasteiger partial charge in [0.25, 0.3) is 11.8 Å². The fraction of sp³-hybridized carbons (Fsp3) is 0.244. The van der Waals surface area contributed by atoms with Gasteiger partial charge >= 0.3 is 11.9 Å². The van der Waals surface area contributed by atoms with Crippen molar-refractivity contribution >= 4 is 61.5 Å². The van der Waals surface area contributed by atoms with E-state index in [1.165, 1.54) is 59.0 Å². The van der Waals surface area contributed by atoms with Gasteiger partial charge < -0.3 is 29.5 Å². The topological polar surface area (TPSA) is 169 Å². The number of likely N-dealkylation sites (N-methyl/N-ethyl adjacent to an activating group) is 2. The minimum Gasteiger partial charge on any atom is -0.464 e. The first kappa shape index (κ1) is 46.2. The number of benzene rings is 4. The number of carbonyl (C=O) groups is 4. The van der Waals surface area contributed by atoms with Crippen LogP contribution in [0.1, 0.15) is 46.8 Å². The van der Waals surface area contributed by atoms with E-state index in [1.54, 1.807) is 49.1 Å². The Morgan fingerprint density at radius 3 is 1.63 bits per heavy atom. The summed E-state index contributed by atoms with van der Waals surface area (Å²) in [6.07, 6.45) is 5.56. The Morgan fingerprint density at radius 2 is 1.21 bits per heavy atom. The number of esters is 2. The van der Waals surface area contributed by atoms with Crippen LogP contribution in [0.4, 0.5) is 8.78 Å². The minimum atomic E-state index is -1.70. The van der Waals surface area contributed by atoms with Crippen molar-refractivity contribution in [3.8, 4) is 35.6 Å². The molecule has 2 N–H and O–H groups in total. The molecule has 2 aliphatic heterocycles. The summed E-state index contributed by atoms with van der Waals surface area (Å²) in [5.74, 6) is 4.62. The molecule has 0 aliphatic carbocycles. The molecule has 320 valence electrons. The summed E-state index contributed by atoms with van der Waals surface area (Å²) in [4.78, 5) is 49.9. The summed E-state index contributed by atoms with van der Waals surface area (Å²) < 4.78 is 40.6. The predicted molar refractivity (Wildman–Crippen MR) is 229 cm³/mol. The Bertz CT molecular complexity index is 2830. The van der Waals surface area contributed by atoms with Gasteiger partial charge in [0.15, 0.2) is 11.4 Å². The molecular weight excluding hydrogens is 870 g/mol. The summed E-state index contributed by atoms with van der Waals surface area (Å²) in [7, 11) is 5.74. The predicted octanol–water partition coefficient (Wildman–Crippen LogP) is 5.46. The molecule has 2 aromatic heterocycles. The van der Waals surface area contributed by atoms with Crippen LogP contribution < -0.4 is 0 Å². The highest BCUT2D eigenvalue weighted by molar-refractivity contribution is 9.10. The first-order valence-corrected chi connectivity index (χ1v) is 19.2. The third kappa shape index (κ3) is 9.35. The molecule has 2 amide bonds. The van der Waals surface area contributed by atoms with Crippen LogP contribution in [0.2, 0.25) is 0 Å². The second-order valence-electron chi connectivity index (χ2n) is 13.9. The van der Waals surface area contributed by atoms with Crippen molar-refractivity contribution in [3.05, 3.63) is 118 Å².